The summed E-state index contributed by atoms with van der Waals surface area (Å²) in [7, 11) is 1.31. The summed E-state index contributed by atoms with van der Waals surface area (Å²) in [5.41, 5.74) is -0.206. The zero-order chi connectivity index (χ0) is 7.56. The number of nitrogens with zero attached hydrogens (tertiary/aromatic N) is 1. The quantitative estimate of drug-likeness (QED) is 0.647. The zero-order valence-electron chi connectivity index (χ0n) is 5.20. The molecule has 54 valence electrons. The van der Waals surface area contributed by atoms with E-state index in [1.54, 1.807) is 0 Å². The van der Waals surface area contributed by atoms with Crippen LogP contribution in [-0.4, -0.2) is 23.2 Å². The van der Waals surface area contributed by atoms with Crippen LogP contribution < -0.4 is 4.74 Å². The van der Waals surface area contributed by atoms with Crippen molar-refractivity contribution in [1.82, 2.24) is 4.98 Å². The van der Waals surface area contributed by atoms with Gasteiger partial charge in [0, 0.05) is 0 Å². The number of oxazole rings is 1. The van der Waals surface area contributed by atoms with E-state index in [-0.39, 0.29) is 11.6 Å². The maximum atomic E-state index is 10.2. The summed E-state index contributed by atoms with van der Waals surface area (Å²) in [6, 6.07) is 0. The summed E-state index contributed by atoms with van der Waals surface area (Å²) in [6.07, 6.45) is 1.02. The van der Waals surface area contributed by atoms with Gasteiger partial charge in [-0.05, 0) is 0 Å². The molecule has 0 aliphatic carbocycles. The van der Waals surface area contributed by atoms with Crippen molar-refractivity contribution in [2.75, 3.05) is 7.11 Å². The van der Waals surface area contributed by atoms with Gasteiger partial charge in [0.15, 0.2) is 6.39 Å². The Morgan fingerprint density at radius 1 is 1.90 bits per heavy atom. The predicted molar refractivity (Wildman–Crippen MR) is 30.0 cm³/mol. The van der Waals surface area contributed by atoms with E-state index in [0.717, 1.165) is 6.39 Å². The van der Waals surface area contributed by atoms with E-state index >= 15 is 0 Å². The first-order chi connectivity index (χ1) is 4.75. The monoisotopic (exact) mass is 143 g/mol. The maximum Gasteiger partial charge on any atom is 0.362 e. The van der Waals surface area contributed by atoms with E-state index in [9.17, 15) is 4.79 Å². The Hall–Kier alpha value is -1.52. The van der Waals surface area contributed by atoms with Gasteiger partial charge in [-0.15, -0.1) is 0 Å². The molecule has 0 atom stereocenters. The summed E-state index contributed by atoms with van der Waals surface area (Å²) >= 11 is 0. The Kier molecular flexibility index (Phi) is 1.57. The number of carboxylic acids is 1. The smallest absolute Gasteiger partial charge is 0.362 e. The van der Waals surface area contributed by atoms with Crippen LogP contribution in [0.1, 0.15) is 10.5 Å². The first-order valence-corrected chi connectivity index (χ1v) is 2.46. The second-order valence-electron chi connectivity index (χ2n) is 1.50. The predicted octanol–water partition coefficient (Wildman–Crippen LogP) is 0.381. The van der Waals surface area contributed by atoms with E-state index in [2.05, 4.69) is 14.1 Å². The van der Waals surface area contributed by atoms with Crippen molar-refractivity contribution in [3.8, 4) is 5.95 Å². The summed E-state index contributed by atoms with van der Waals surface area (Å²) < 4.78 is 9.10. The first kappa shape index (κ1) is 6.60. The topological polar surface area (TPSA) is 72.6 Å². The molecule has 5 nitrogen and oxygen atoms in total. The van der Waals surface area contributed by atoms with Gasteiger partial charge in [-0.3, -0.25) is 0 Å². The maximum absolute atomic E-state index is 10.2. The molecule has 1 rings (SSSR count). The van der Waals surface area contributed by atoms with Gasteiger partial charge in [0.1, 0.15) is 0 Å². The molecule has 0 unspecified atom stereocenters. The van der Waals surface area contributed by atoms with Crippen LogP contribution >= 0.6 is 0 Å². The molecule has 0 aliphatic rings. The molecule has 10 heavy (non-hydrogen) atoms. The van der Waals surface area contributed by atoms with Crippen LogP contribution in [0.3, 0.4) is 0 Å². The van der Waals surface area contributed by atoms with Crippen molar-refractivity contribution < 1.29 is 19.1 Å². The number of methoxy groups -OCH3 is 1. The van der Waals surface area contributed by atoms with Gasteiger partial charge in [-0.2, -0.15) is 0 Å². The zero-order valence-corrected chi connectivity index (χ0v) is 5.20. The third kappa shape index (κ3) is 0.928. The largest absolute Gasteiger partial charge is 0.476 e. The van der Waals surface area contributed by atoms with E-state index in [1.807, 2.05) is 0 Å². The summed E-state index contributed by atoms with van der Waals surface area (Å²) in [5, 5.41) is 8.38. The van der Waals surface area contributed by atoms with Gasteiger partial charge in [0.05, 0.1) is 7.11 Å². The molecule has 0 saturated carbocycles. The normalized spacial score (nSPS) is 9.30. The van der Waals surface area contributed by atoms with Crippen molar-refractivity contribution in [1.29, 1.82) is 0 Å². The first-order valence-electron chi connectivity index (χ1n) is 2.46. The third-order valence-electron chi connectivity index (χ3n) is 0.923. The molecule has 1 aromatic rings. The van der Waals surface area contributed by atoms with E-state index in [0.29, 0.717) is 0 Å². The highest BCUT2D eigenvalue weighted by Gasteiger charge is 2.15. The fourth-order valence-corrected chi connectivity index (χ4v) is 0.523. The summed E-state index contributed by atoms with van der Waals surface area (Å²) in [5.74, 6) is -1.24. The average Bonchev–Trinajstić information content (AvgIpc) is 2.33. The molecular formula is C5H5NO4. The minimum absolute atomic E-state index is 0.0764. The number of ether oxygens (including phenoxy) is 1. The van der Waals surface area contributed by atoms with Crippen molar-refractivity contribution >= 4 is 5.97 Å². The number of aromatic nitrogens is 1. The molecule has 1 aromatic heterocycles. The number of carboxylic acid groups (broad SMARTS) is 1. The molecule has 0 spiro atoms. The second-order valence-corrected chi connectivity index (χ2v) is 1.50. The second kappa shape index (κ2) is 2.38. The van der Waals surface area contributed by atoms with Crippen LogP contribution in [0.15, 0.2) is 10.8 Å². The molecule has 0 aromatic carbocycles. The highest BCUT2D eigenvalue weighted by Crippen LogP contribution is 2.14. The molecular weight excluding hydrogens is 138 g/mol. The number of rotatable bonds is 2. The van der Waals surface area contributed by atoms with Crippen LogP contribution in [0.2, 0.25) is 0 Å². The molecule has 0 radical (unpaired) electrons. The highest BCUT2D eigenvalue weighted by molar-refractivity contribution is 5.87. The van der Waals surface area contributed by atoms with Crippen LogP contribution in [0.4, 0.5) is 0 Å². The molecule has 5 heteroatoms. The fourth-order valence-electron chi connectivity index (χ4n) is 0.523. The summed E-state index contributed by atoms with van der Waals surface area (Å²) in [4.78, 5) is 13.6. The van der Waals surface area contributed by atoms with Gasteiger partial charge in [0.25, 0.3) is 0 Å². The number of carbonyl (C=O) groups is 1. The van der Waals surface area contributed by atoms with E-state index in [4.69, 9.17) is 5.11 Å². The van der Waals surface area contributed by atoms with Gasteiger partial charge in [-0.25, -0.2) is 9.78 Å². The molecule has 0 bridgehead atoms. The van der Waals surface area contributed by atoms with Gasteiger partial charge in [0.2, 0.25) is 5.69 Å². The van der Waals surface area contributed by atoms with Gasteiger partial charge in [-0.1, -0.05) is 0 Å². The molecule has 0 fully saturated rings. The Morgan fingerprint density at radius 3 is 3.00 bits per heavy atom. The molecule has 1 heterocycles. The molecule has 0 aliphatic heterocycles. The Morgan fingerprint density at radius 2 is 2.60 bits per heavy atom. The lowest BCUT2D eigenvalue weighted by Crippen LogP contribution is -1.98. The van der Waals surface area contributed by atoms with E-state index in [1.165, 1.54) is 7.11 Å². The van der Waals surface area contributed by atoms with Crippen LogP contribution in [0.5, 0.6) is 5.95 Å². The Labute approximate surface area is 56.2 Å². The minimum Gasteiger partial charge on any atom is -0.476 e. The van der Waals surface area contributed by atoms with Crippen LogP contribution in [0, 0.1) is 0 Å². The molecule has 0 amide bonds. The lowest BCUT2D eigenvalue weighted by Gasteiger charge is -1.90. The van der Waals surface area contributed by atoms with Gasteiger partial charge >= 0.3 is 11.9 Å². The van der Waals surface area contributed by atoms with Crippen LogP contribution in [-0.2, 0) is 0 Å². The fraction of sp³-hybridized carbons (Fsp3) is 0.200. The third-order valence-corrected chi connectivity index (χ3v) is 0.923. The van der Waals surface area contributed by atoms with Crippen molar-refractivity contribution in [2.45, 2.75) is 0 Å². The molecule has 1 N–H and O–H groups in total. The van der Waals surface area contributed by atoms with Gasteiger partial charge < -0.3 is 14.3 Å². The number of aromatic carboxylic acids is 1. The summed E-state index contributed by atoms with van der Waals surface area (Å²) in [6.45, 7) is 0. The highest BCUT2D eigenvalue weighted by atomic mass is 16.6. The standard InChI is InChI=1S/C5H5NO4/c1-9-5-3(4(7)8)6-2-10-5/h2H,1H3,(H,7,8). The lowest BCUT2D eigenvalue weighted by molar-refractivity contribution is 0.0685. The van der Waals surface area contributed by atoms with Crippen molar-refractivity contribution in [2.24, 2.45) is 0 Å². The minimum atomic E-state index is -1.16. The van der Waals surface area contributed by atoms with Crippen molar-refractivity contribution in [3.63, 3.8) is 0 Å². The Bertz CT molecular complexity index is 242. The number of hydrogen-bond acceptors (Lipinski definition) is 4. The van der Waals surface area contributed by atoms with Crippen molar-refractivity contribution in [3.05, 3.63) is 12.1 Å². The SMILES string of the molecule is COc1ocnc1C(=O)O. The Balaban J connectivity index is 3.01. The average molecular weight is 143 g/mol. The lowest BCUT2D eigenvalue weighted by atomic mass is 10.5. The molecule has 0 saturated heterocycles. The number of hydrogen-bond donors (Lipinski definition) is 1. The van der Waals surface area contributed by atoms with Crippen LogP contribution in [0.25, 0.3) is 0 Å². The van der Waals surface area contributed by atoms with E-state index < -0.39 is 5.97 Å².